The molecule has 0 atom stereocenters. The Hall–Kier alpha value is -1.86. The monoisotopic (exact) mass is 343 g/mol. The number of thioether (sulfide) groups is 1. The van der Waals surface area contributed by atoms with Gasteiger partial charge >= 0.3 is 0 Å². The molecule has 118 valence electrons. The Kier molecular flexibility index (Phi) is 4.05. The van der Waals surface area contributed by atoms with Crippen molar-refractivity contribution in [2.24, 2.45) is 0 Å². The Morgan fingerprint density at radius 2 is 1.74 bits per heavy atom. The van der Waals surface area contributed by atoms with Gasteiger partial charge in [0.25, 0.3) is 0 Å². The molecule has 5 nitrogen and oxygen atoms in total. The molecule has 3 heterocycles. The van der Waals surface area contributed by atoms with Crippen molar-refractivity contribution in [3.8, 4) is 0 Å². The lowest BCUT2D eigenvalue weighted by Gasteiger charge is -2.34. The minimum absolute atomic E-state index is 0.820. The smallest absolute Gasteiger partial charge is 0.225 e. The van der Waals surface area contributed by atoms with E-state index in [-0.39, 0.29) is 0 Å². The van der Waals surface area contributed by atoms with E-state index >= 15 is 0 Å². The van der Waals surface area contributed by atoms with Crippen molar-refractivity contribution in [1.29, 1.82) is 0 Å². The van der Waals surface area contributed by atoms with E-state index in [4.69, 9.17) is 4.98 Å². The van der Waals surface area contributed by atoms with Crippen LogP contribution in [-0.2, 0) is 0 Å². The third-order valence-corrected chi connectivity index (χ3v) is 5.83. The summed E-state index contributed by atoms with van der Waals surface area (Å²) in [5, 5.41) is 1.12. The standard InChI is InChI=1S/C16H17N5S2/c1-22-12-4-2-5-13-14(12)19-16(23-13)21-10-8-20(9-11-21)15-17-6-3-7-18-15/h2-7H,8-11H2,1H3. The van der Waals surface area contributed by atoms with Crippen LogP contribution in [0.25, 0.3) is 10.2 Å². The first-order valence-corrected chi connectivity index (χ1v) is 9.60. The highest BCUT2D eigenvalue weighted by molar-refractivity contribution is 7.98. The number of piperazine rings is 1. The average Bonchev–Trinajstić information content (AvgIpc) is 3.07. The van der Waals surface area contributed by atoms with Crippen LogP contribution < -0.4 is 9.80 Å². The van der Waals surface area contributed by atoms with Crippen LogP contribution in [0.1, 0.15) is 0 Å². The molecule has 0 amide bonds. The van der Waals surface area contributed by atoms with E-state index in [0.717, 1.165) is 42.8 Å². The summed E-state index contributed by atoms with van der Waals surface area (Å²) in [6.45, 7) is 3.75. The first-order valence-electron chi connectivity index (χ1n) is 7.55. The predicted octanol–water partition coefficient (Wildman–Crippen LogP) is 3.13. The maximum atomic E-state index is 4.88. The van der Waals surface area contributed by atoms with E-state index in [1.54, 1.807) is 35.5 Å². The molecule has 0 unspecified atom stereocenters. The number of thiazole rings is 1. The number of para-hydroxylation sites is 1. The third kappa shape index (κ3) is 2.86. The van der Waals surface area contributed by atoms with Crippen LogP contribution in [0, 0.1) is 0 Å². The van der Waals surface area contributed by atoms with Crippen molar-refractivity contribution in [2.75, 3.05) is 42.2 Å². The van der Waals surface area contributed by atoms with Crippen molar-refractivity contribution in [3.63, 3.8) is 0 Å². The molecule has 1 aliphatic rings. The van der Waals surface area contributed by atoms with Crippen LogP contribution in [-0.4, -0.2) is 47.4 Å². The summed E-state index contributed by atoms with van der Waals surface area (Å²) in [6, 6.07) is 8.26. The molecule has 1 aromatic carbocycles. The summed E-state index contributed by atoms with van der Waals surface area (Å²) in [6.07, 6.45) is 5.70. The molecule has 0 bridgehead atoms. The Bertz CT molecular complexity index is 797. The molecule has 0 radical (unpaired) electrons. The summed E-state index contributed by atoms with van der Waals surface area (Å²) in [7, 11) is 0. The van der Waals surface area contributed by atoms with Crippen molar-refractivity contribution in [2.45, 2.75) is 4.90 Å². The van der Waals surface area contributed by atoms with Gasteiger partial charge in [-0.3, -0.25) is 0 Å². The molecule has 1 aliphatic heterocycles. The maximum Gasteiger partial charge on any atom is 0.225 e. The highest BCUT2D eigenvalue weighted by Gasteiger charge is 2.21. The number of hydrogen-bond donors (Lipinski definition) is 0. The number of anilines is 2. The Morgan fingerprint density at radius 3 is 2.48 bits per heavy atom. The minimum Gasteiger partial charge on any atom is -0.345 e. The Labute approximate surface area is 143 Å². The predicted molar refractivity (Wildman–Crippen MR) is 97.9 cm³/mol. The molecule has 4 rings (SSSR count). The van der Waals surface area contributed by atoms with Crippen molar-refractivity contribution < 1.29 is 0 Å². The van der Waals surface area contributed by atoms with Crippen LogP contribution in [0.5, 0.6) is 0 Å². The number of aromatic nitrogens is 3. The van der Waals surface area contributed by atoms with Crippen LogP contribution >= 0.6 is 23.1 Å². The fourth-order valence-corrected chi connectivity index (χ4v) is 4.44. The van der Waals surface area contributed by atoms with Crippen molar-refractivity contribution in [1.82, 2.24) is 15.0 Å². The van der Waals surface area contributed by atoms with Gasteiger partial charge in [0.2, 0.25) is 5.95 Å². The molecule has 23 heavy (non-hydrogen) atoms. The summed E-state index contributed by atoms with van der Waals surface area (Å²) < 4.78 is 1.26. The second-order valence-corrected chi connectivity index (χ2v) is 7.18. The zero-order valence-corrected chi connectivity index (χ0v) is 14.5. The second-order valence-electron chi connectivity index (χ2n) is 5.33. The first kappa shape index (κ1) is 14.7. The molecular formula is C16H17N5S2. The van der Waals surface area contributed by atoms with Crippen molar-refractivity contribution in [3.05, 3.63) is 36.7 Å². The van der Waals surface area contributed by atoms with Crippen LogP contribution in [0.4, 0.5) is 11.1 Å². The topological polar surface area (TPSA) is 45.2 Å². The molecule has 2 aromatic heterocycles. The zero-order chi connectivity index (χ0) is 15.6. The summed E-state index contributed by atoms with van der Waals surface area (Å²) in [5.41, 5.74) is 1.13. The number of hydrogen-bond acceptors (Lipinski definition) is 7. The van der Waals surface area contributed by atoms with Gasteiger partial charge in [0, 0.05) is 43.5 Å². The number of nitrogens with zero attached hydrogens (tertiary/aromatic N) is 5. The van der Waals surface area contributed by atoms with E-state index in [0.29, 0.717) is 0 Å². The fourth-order valence-electron chi connectivity index (χ4n) is 2.76. The lowest BCUT2D eigenvalue weighted by molar-refractivity contribution is 0.639. The van der Waals surface area contributed by atoms with Crippen LogP contribution in [0.3, 0.4) is 0 Å². The maximum absolute atomic E-state index is 4.88. The van der Waals surface area contributed by atoms with Crippen LogP contribution in [0.15, 0.2) is 41.6 Å². The van der Waals surface area contributed by atoms with Gasteiger partial charge < -0.3 is 9.80 Å². The Morgan fingerprint density at radius 1 is 1.00 bits per heavy atom. The molecular weight excluding hydrogens is 326 g/mol. The first-order chi connectivity index (χ1) is 11.3. The van der Waals surface area contributed by atoms with Gasteiger partial charge in [-0.25, -0.2) is 15.0 Å². The SMILES string of the molecule is CSc1cccc2sc(N3CCN(c4ncccn4)CC3)nc12. The molecule has 0 N–H and O–H groups in total. The van der Waals surface area contributed by atoms with Crippen LogP contribution in [0.2, 0.25) is 0 Å². The number of fused-ring (bicyclic) bond motifs is 1. The average molecular weight is 343 g/mol. The normalized spacial score (nSPS) is 15.3. The van der Waals surface area contributed by atoms with Gasteiger partial charge in [0.05, 0.1) is 10.2 Å². The summed E-state index contributed by atoms with van der Waals surface area (Å²) in [5.74, 6) is 0.820. The highest BCUT2D eigenvalue weighted by atomic mass is 32.2. The van der Waals surface area contributed by atoms with Gasteiger partial charge in [0.15, 0.2) is 5.13 Å². The molecule has 7 heteroatoms. The van der Waals surface area contributed by atoms with Gasteiger partial charge in [-0.2, -0.15) is 0 Å². The highest BCUT2D eigenvalue weighted by Crippen LogP contribution is 2.34. The number of rotatable bonds is 3. The van der Waals surface area contributed by atoms with Crippen molar-refractivity contribution >= 4 is 44.4 Å². The van der Waals surface area contributed by atoms with Gasteiger partial charge in [-0.15, -0.1) is 11.8 Å². The second kappa shape index (κ2) is 6.33. The Balaban J connectivity index is 1.52. The van der Waals surface area contributed by atoms with Gasteiger partial charge in [0.1, 0.15) is 0 Å². The minimum atomic E-state index is 0.820. The molecule has 1 fully saturated rings. The van der Waals surface area contributed by atoms with E-state index in [9.17, 15) is 0 Å². The van der Waals surface area contributed by atoms with Gasteiger partial charge in [-0.05, 0) is 24.5 Å². The molecule has 0 saturated carbocycles. The van der Waals surface area contributed by atoms with E-state index < -0.39 is 0 Å². The van der Waals surface area contributed by atoms with E-state index in [2.05, 4.69) is 44.2 Å². The lowest BCUT2D eigenvalue weighted by atomic mass is 10.3. The lowest BCUT2D eigenvalue weighted by Crippen LogP contribution is -2.47. The zero-order valence-electron chi connectivity index (χ0n) is 12.8. The molecule has 3 aromatic rings. The largest absolute Gasteiger partial charge is 0.345 e. The third-order valence-electron chi connectivity index (χ3n) is 3.98. The van der Waals surface area contributed by atoms with E-state index in [1.165, 1.54) is 9.60 Å². The number of benzene rings is 1. The fraction of sp³-hybridized carbons (Fsp3) is 0.312. The summed E-state index contributed by atoms with van der Waals surface area (Å²) >= 11 is 3.54. The quantitative estimate of drug-likeness (QED) is 0.681. The van der Waals surface area contributed by atoms with E-state index in [1.807, 2.05) is 6.07 Å². The summed E-state index contributed by atoms with van der Waals surface area (Å²) in [4.78, 5) is 19.4. The molecule has 0 aliphatic carbocycles. The van der Waals surface area contributed by atoms with Gasteiger partial charge in [-0.1, -0.05) is 17.4 Å². The molecule has 1 saturated heterocycles. The molecule has 0 spiro atoms.